The number of hydrogen-bond donors (Lipinski definition) is 3. The Kier molecular flexibility index (Phi) is 6.06. The van der Waals surface area contributed by atoms with Crippen molar-refractivity contribution in [2.75, 3.05) is 17.2 Å². The number of nitrogens with one attached hydrogen (secondary N) is 3. The third-order valence-electron chi connectivity index (χ3n) is 3.81. The molecule has 2 aromatic carbocycles. The van der Waals surface area contributed by atoms with Crippen LogP contribution in [0, 0.1) is 5.92 Å². The van der Waals surface area contributed by atoms with Gasteiger partial charge < -0.3 is 10.1 Å². The number of nitrogens with zero attached hydrogens (tertiary/aromatic N) is 1. The van der Waals surface area contributed by atoms with Crippen LogP contribution < -0.4 is 10.6 Å². The summed E-state index contributed by atoms with van der Waals surface area (Å²) in [5.74, 6) is -0.0687. The van der Waals surface area contributed by atoms with Crippen LogP contribution in [0.4, 0.5) is 16.2 Å². The van der Waals surface area contributed by atoms with Gasteiger partial charge in [-0.25, -0.2) is 4.79 Å². The SMILES string of the molecule is CC(C)COC(=O)Nc1cccc(NC(=O)c2cc(-c3ccccc3)n[nH]2)c1. The lowest BCUT2D eigenvalue weighted by Crippen LogP contribution is -2.17. The van der Waals surface area contributed by atoms with Crippen molar-refractivity contribution in [3.63, 3.8) is 0 Å². The Balaban J connectivity index is 1.63. The first-order valence-electron chi connectivity index (χ1n) is 8.97. The summed E-state index contributed by atoms with van der Waals surface area (Å²) in [6.07, 6.45) is -0.529. The van der Waals surface area contributed by atoms with Crippen molar-refractivity contribution in [3.05, 3.63) is 66.4 Å². The molecule has 0 atom stereocenters. The Labute approximate surface area is 163 Å². The van der Waals surface area contributed by atoms with Crippen LogP contribution in [0.5, 0.6) is 0 Å². The Hall–Kier alpha value is -3.61. The first kappa shape index (κ1) is 19.2. The van der Waals surface area contributed by atoms with E-state index in [0.717, 1.165) is 5.56 Å². The highest BCUT2D eigenvalue weighted by molar-refractivity contribution is 6.03. The van der Waals surface area contributed by atoms with Gasteiger partial charge in [0.1, 0.15) is 5.69 Å². The Morgan fingerprint density at radius 3 is 2.43 bits per heavy atom. The molecule has 7 nitrogen and oxygen atoms in total. The zero-order valence-electron chi connectivity index (χ0n) is 15.7. The zero-order valence-corrected chi connectivity index (χ0v) is 15.7. The summed E-state index contributed by atoms with van der Waals surface area (Å²) in [4.78, 5) is 24.3. The van der Waals surface area contributed by atoms with Crippen LogP contribution in [0.15, 0.2) is 60.7 Å². The van der Waals surface area contributed by atoms with E-state index >= 15 is 0 Å². The molecular weight excluding hydrogens is 356 g/mol. The molecule has 144 valence electrons. The van der Waals surface area contributed by atoms with Crippen LogP contribution in [0.25, 0.3) is 11.3 Å². The van der Waals surface area contributed by atoms with Gasteiger partial charge in [0.2, 0.25) is 0 Å². The van der Waals surface area contributed by atoms with Crippen molar-refractivity contribution in [2.45, 2.75) is 13.8 Å². The minimum atomic E-state index is -0.529. The van der Waals surface area contributed by atoms with Gasteiger partial charge in [0.25, 0.3) is 5.91 Å². The van der Waals surface area contributed by atoms with Crippen molar-refractivity contribution in [3.8, 4) is 11.3 Å². The van der Waals surface area contributed by atoms with E-state index < -0.39 is 6.09 Å². The number of hydrogen-bond acceptors (Lipinski definition) is 4. The van der Waals surface area contributed by atoms with Crippen LogP contribution in [0.2, 0.25) is 0 Å². The molecule has 0 unspecified atom stereocenters. The maximum atomic E-state index is 12.5. The fourth-order valence-electron chi connectivity index (χ4n) is 2.46. The number of benzene rings is 2. The molecule has 0 bridgehead atoms. The number of H-pyrrole nitrogens is 1. The fourth-order valence-corrected chi connectivity index (χ4v) is 2.46. The average Bonchev–Trinajstić information content (AvgIpc) is 3.18. The van der Waals surface area contributed by atoms with Crippen LogP contribution in [-0.2, 0) is 4.74 Å². The topological polar surface area (TPSA) is 96.1 Å². The second-order valence-corrected chi connectivity index (χ2v) is 6.69. The minimum absolute atomic E-state index is 0.256. The lowest BCUT2D eigenvalue weighted by molar-refractivity contribution is 0.102. The van der Waals surface area contributed by atoms with Crippen molar-refractivity contribution >= 4 is 23.4 Å². The first-order valence-corrected chi connectivity index (χ1v) is 8.97. The van der Waals surface area contributed by atoms with Crippen LogP contribution in [0.3, 0.4) is 0 Å². The zero-order chi connectivity index (χ0) is 19.9. The summed E-state index contributed by atoms with van der Waals surface area (Å²) in [6.45, 7) is 4.26. The highest BCUT2D eigenvalue weighted by Gasteiger charge is 2.12. The molecule has 0 spiro atoms. The second kappa shape index (κ2) is 8.85. The molecule has 0 radical (unpaired) electrons. The largest absolute Gasteiger partial charge is 0.449 e. The van der Waals surface area contributed by atoms with Gasteiger partial charge in [-0.15, -0.1) is 0 Å². The summed E-state index contributed by atoms with van der Waals surface area (Å²) in [7, 11) is 0. The smallest absolute Gasteiger partial charge is 0.411 e. The van der Waals surface area contributed by atoms with Crippen LogP contribution >= 0.6 is 0 Å². The predicted octanol–water partition coefficient (Wildman–Crippen LogP) is 4.53. The number of amides is 2. The Morgan fingerprint density at radius 1 is 1.00 bits per heavy atom. The van der Waals surface area contributed by atoms with E-state index in [1.807, 2.05) is 44.2 Å². The van der Waals surface area contributed by atoms with E-state index in [2.05, 4.69) is 20.8 Å². The first-order chi connectivity index (χ1) is 13.5. The molecule has 0 saturated carbocycles. The summed E-state index contributed by atoms with van der Waals surface area (Å²) >= 11 is 0. The van der Waals surface area contributed by atoms with E-state index in [1.165, 1.54) is 0 Å². The molecule has 0 aliphatic rings. The van der Waals surface area contributed by atoms with E-state index in [1.54, 1.807) is 30.3 Å². The molecule has 3 N–H and O–H groups in total. The van der Waals surface area contributed by atoms with Crippen LogP contribution in [0.1, 0.15) is 24.3 Å². The standard InChI is InChI=1S/C21H22N4O3/c1-14(2)13-28-21(27)23-17-10-6-9-16(11-17)22-20(26)19-12-18(24-25-19)15-7-4-3-5-8-15/h3-12,14H,13H2,1-2H3,(H,22,26)(H,23,27)(H,24,25). The highest BCUT2D eigenvalue weighted by Crippen LogP contribution is 2.19. The Bertz CT molecular complexity index is 951. The van der Waals surface area contributed by atoms with Crippen molar-refractivity contribution in [1.29, 1.82) is 0 Å². The normalized spacial score (nSPS) is 10.5. The maximum Gasteiger partial charge on any atom is 0.411 e. The molecule has 3 rings (SSSR count). The number of aromatic amines is 1. The number of rotatable bonds is 6. The summed E-state index contributed by atoms with van der Waals surface area (Å²) in [5, 5.41) is 12.4. The molecule has 0 aliphatic heterocycles. The molecule has 0 saturated heterocycles. The lowest BCUT2D eigenvalue weighted by Gasteiger charge is -2.10. The maximum absolute atomic E-state index is 12.5. The summed E-state index contributed by atoms with van der Waals surface area (Å²) < 4.78 is 5.09. The molecule has 0 aliphatic carbocycles. The molecule has 7 heteroatoms. The number of carbonyl (C=O) groups excluding carboxylic acids is 2. The van der Waals surface area contributed by atoms with E-state index in [9.17, 15) is 9.59 Å². The number of anilines is 2. The number of aromatic nitrogens is 2. The van der Waals surface area contributed by atoms with E-state index in [-0.39, 0.29) is 11.8 Å². The average molecular weight is 378 g/mol. The highest BCUT2D eigenvalue weighted by atomic mass is 16.5. The number of ether oxygens (including phenoxy) is 1. The molecule has 3 aromatic rings. The van der Waals surface area contributed by atoms with Crippen LogP contribution in [-0.4, -0.2) is 28.8 Å². The Morgan fingerprint density at radius 2 is 1.71 bits per heavy atom. The van der Waals surface area contributed by atoms with E-state index in [0.29, 0.717) is 29.4 Å². The quantitative estimate of drug-likeness (QED) is 0.587. The summed E-state index contributed by atoms with van der Waals surface area (Å²) in [5.41, 5.74) is 3.02. The van der Waals surface area contributed by atoms with Gasteiger partial charge in [0.05, 0.1) is 12.3 Å². The van der Waals surface area contributed by atoms with Gasteiger partial charge in [-0.2, -0.15) is 5.10 Å². The van der Waals surface area contributed by atoms with Gasteiger partial charge in [0.15, 0.2) is 0 Å². The van der Waals surface area contributed by atoms with Crippen molar-refractivity contribution in [1.82, 2.24) is 10.2 Å². The van der Waals surface area contributed by atoms with Crippen molar-refractivity contribution in [2.24, 2.45) is 5.92 Å². The number of carbonyl (C=O) groups is 2. The van der Waals surface area contributed by atoms with E-state index in [4.69, 9.17) is 4.74 Å². The minimum Gasteiger partial charge on any atom is -0.449 e. The third kappa shape index (κ3) is 5.20. The predicted molar refractivity (Wildman–Crippen MR) is 108 cm³/mol. The van der Waals surface area contributed by atoms with Gasteiger partial charge in [-0.3, -0.25) is 15.2 Å². The second-order valence-electron chi connectivity index (χ2n) is 6.69. The van der Waals surface area contributed by atoms with Gasteiger partial charge in [-0.1, -0.05) is 50.2 Å². The van der Waals surface area contributed by atoms with Gasteiger partial charge >= 0.3 is 6.09 Å². The molecule has 1 heterocycles. The lowest BCUT2D eigenvalue weighted by atomic mass is 10.1. The molecule has 2 amide bonds. The van der Waals surface area contributed by atoms with Gasteiger partial charge in [0, 0.05) is 16.9 Å². The summed E-state index contributed by atoms with van der Waals surface area (Å²) in [6, 6.07) is 18.1. The monoisotopic (exact) mass is 378 g/mol. The third-order valence-corrected chi connectivity index (χ3v) is 3.81. The molecule has 1 aromatic heterocycles. The van der Waals surface area contributed by atoms with Crippen molar-refractivity contribution < 1.29 is 14.3 Å². The van der Waals surface area contributed by atoms with Gasteiger partial charge in [-0.05, 0) is 30.2 Å². The molecule has 0 fully saturated rings. The fraction of sp³-hybridized carbons (Fsp3) is 0.190. The molecular formula is C21H22N4O3. The molecule has 28 heavy (non-hydrogen) atoms.